The van der Waals surface area contributed by atoms with Gasteiger partial charge in [0.1, 0.15) is 11.3 Å². The summed E-state index contributed by atoms with van der Waals surface area (Å²) in [6.45, 7) is 0. The second kappa shape index (κ2) is 4.17. The molecule has 94 valence electrons. The molecule has 3 rings (SSSR count). The Morgan fingerprint density at radius 1 is 1.39 bits per heavy atom. The van der Waals surface area contributed by atoms with Crippen molar-refractivity contribution in [3.05, 3.63) is 40.7 Å². The van der Waals surface area contributed by atoms with E-state index in [1.165, 1.54) is 18.5 Å². The Labute approximate surface area is 103 Å². The van der Waals surface area contributed by atoms with Crippen molar-refractivity contribution in [1.82, 2.24) is 9.55 Å². The minimum Gasteiger partial charge on any atom is -0.328 e. The number of fused-ring (bicyclic) bond motifs is 1. The highest BCUT2D eigenvalue weighted by Gasteiger charge is 2.24. The summed E-state index contributed by atoms with van der Waals surface area (Å²) in [4.78, 5) is 16.3. The first-order chi connectivity index (χ1) is 8.66. The quantitative estimate of drug-likeness (QED) is 0.832. The predicted molar refractivity (Wildman–Crippen MR) is 66.8 cm³/mol. The average Bonchev–Trinajstić information content (AvgIpc) is 2.77. The molecule has 1 saturated carbocycles. The van der Waals surface area contributed by atoms with Crippen LogP contribution in [0.4, 0.5) is 4.39 Å². The van der Waals surface area contributed by atoms with Crippen molar-refractivity contribution in [1.29, 1.82) is 0 Å². The fraction of sp³-hybridized carbons (Fsp3) is 0.385. The van der Waals surface area contributed by atoms with E-state index >= 15 is 0 Å². The molecule has 2 N–H and O–H groups in total. The second-order valence-electron chi connectivity index (χ2n) is 4.82. The summed E-state index contributed by atoms with van der Waals surface area (Å²) < 4.78 is 15.1. The smallest absolute Gasteiger partial charge is 0.261 e. The molecule has 1 fully saturated rings. The Bertz CT molecular complexity index is 652. The van der Waals surface area contributed by atoms with Crippen LogP contribution < -0.4 is 11.3 Å². The summed E-state index contributed by atoms with van der Waals surface area (Å²) in [5.41, 5.74) is 5.81. The van der Waals surface area contributed by atoms with Crippen LogP contribution >= 0.6 is 0 Å². The molecule has 1 aromatic heterocycles. The summed E-state index contributed by atoms with van der Waals surface area (Å²) in [5.74, 6) is -0.458. The van der Waals surface area contributed by atoms with Gasteiger partial charge in [0, 0.05) is 12.1 Å². The highest BCUT2D eigenvalue weighted by Crippen LogP contribution is 2.27. The van der Waals surface area contributed by atoms with Gasteiger partial charge in [-0.25, -0.2) is 9.37 Å². The number of rotatable bonds is 1. The van der Waals surface area contributed by atoms with Crippen molar-refractivity contribution < 1.29 is 4.39 Å². The minimum atomic E-state index is -0.458. The van der Waals surface area contributed by atoms with Crippen LogP contribution in [0.15, 0.2) is 29.3 Å². The van der Waals surface area contributed by atoms with Crippen LogP contribution in [0.3, 0.4) is 0 Å². The Kier molecular flexibility index (Phi) is 2.63. The minimum absolute atomic E-state index is 0.0904. The molecule has 0 unspecified atom stereocenters. The lowest BCUT2D eigenvalue weighted by molar-refractivity contribution is 0.490. The number of hydrogen-bond donors (Lipinski definition) is 1. The summed E-state index contributed by atoms with van der Waals surface area (Å²) in [5, 5.41) is 0.331. The van der Waals surface area contributed by atoms with Gasteiger partial charge in [-0.05, 0) is 31.4 Å². The van der Waals surface area contributed by atoms with E-state index in [9.17, 15) is 9.18 Å². The molecule has 5 heteroatoms. The van der Waals surface area contributed by atoms with Gasteiger partial charge in [0.2, 0.25) is 0 Å². The molecule has 0 bridgehead atoms. The van der Waals surface area contributed by atoms with Crippen molar-refractivity contribution in [3.63, 3.8) is 0 Å². The van der Waals surface area contributed by atoms with Gasteiger partial charge in [-0.2, -0.15) is 0 Å². The molecule has 18 heavy (non-hydrogen) atoms. The van der Waals surface area contributed by atoms with Crippen LogP contribution in [0, 0.1) is 5.82 Å². The summed E-state index contributed by atoms with van der Waals surface area (Å²) in [6, 6.07) is 4.69. The van der Waals surface area contributed by atoms with Crippen LogP contribution in [-0.2, 0) is 0 Å². The third-order valence-electron chi connectivity index (χ3n) is 3.60. The van der Waals surface area contributed by atoms with Gasteiger partial charge >= 0.3 is 0 Å². The van der Waals surface area contributed by atoms with Crippen molar-refractivity contribution in [2.75, 3.05) is 0 Å². The van der Waals surface area contributed by atoms with E-state index in [4.69, 9.17) is 5.73 Å². The molecular formula is C13H14FN3O. The molecule has 0 radical (unpaired) electrons. The lowest BCUT2D eigenvalue weighted by Crippen LogP contribution is -2.25. The van der Waals surface area contributed by atoms with Crippen LogP contribution in [0.5, 0.6) is 0 Å². The van der Waals surface area contributed by atoms with E-state index in [0.29, 0.717) is 5.39 Å². The molecular weight excluding hydrogens is 233 g/mol. The molecule has 1 aromatic carbocycles. The van der Waals surface area contributed by atoms with Gasteiger partial charge in [-0.3, -0.25) is 9.36 Å². The normalized spacial score (nSPS) is 23.7. The van der Waals surface area contributed by atoms with E-state index in [0.717, 1.165) is 19.3 Å². The summed E-state index contributed by atoms with van der Waals surface area (Å²) in [6.07, 6.45) is 4.01. The van der Waals surface area contributed by atoms with E-state index in [1.807, 2.05) is 0 Å². The fourth-order valence-corrected chi connectivity index (χ4v) is 2.63. The highest BCUT2D eigenvalue weighted by atomic mass is 19.1. The van der Waals surface area contributed by atoms with Crippen LogP contribution in [0.1, 0.15) is 25.3 Å². The van der Waals surface area contributed by atoms with Crippen molar-refractivity contribution in [3.8, 4) is 0 Å². The zero-order valence-corrected chi connectivity index (χ0v) is 9.84. The number of hydrogen-bond acceptors (Lipinski definition) is 3. The fourth-order valence-electron chi connectivity index (χ4n) is 2.63. The zero-order chi connectivity index (χ0) is 12.7. The second-order valence-corrected chi connectivity index (χ2v) is 4.82. The maximum Gasteiger partial charge on any atom is 0.261 e. The van der Waals surface area contributed by atoms with Gasteiger partial charge in [-0.15, -0.1) is 0 Å². The van der Waals surface area contributed by atoms with Gasteiger partial charge in [0.25, 0.3) is 5.56 Å². The number of nitrogens with two attached hydrogens (primary N) is 1. The lowest BCUT2D eigenvalue weighted by atomic mass is 10.2. The van der Waals surface area contributed by atoms with Gasteiger partial charge in [-0.1, -0.05) is 6.07 Å². The third-order valence-corrected chi connectivity index (χ3v) is 3.60. The molecule has 0 aliphatic heterocycles. The molecule has 0 amide bonds. The van der Waals surface area contributed by atoms with E-state index in [1.54, 1.807) is 10.6 Å². The van der Waals surface area contributed by atoms with Crippen molar-refractivity contribution >= 4 is 10.9 Å². The molecule has 1 aliphatic carbocycles. The van der Waals surface area contributed by atoms with E-state index in [2.05, 4.69) is 4.98 Å². The Morgan fingerprint density at radius 3 is 2.94 bits per heavy atom. The lowest BCUT2D eigenvalue weighted by Gasteiger charge is -2.13. The largest absolute Gasteiger partial charge is 0.328 e. The number of nitrogens with zero attached hydrogens (tertiary/aromatic N) is 2. The third kappa shape index (κ3) is 1.71. The van der Waals surface area contributed by atoms with Gasteiger partial charge < -0.3 is 5.73 Å². The van der Waals surface area contributed by atoms with Gasteiger partial charge in [0.05, 0.1) is 11.7 Å². The Hall–Kier alpha value is -1.75. The standard InChI is InChI=1S/C13H14FN3O/c14-11-3-1-2-10-12(11)16-7-17(13(10)18)9-5-4-8(15)6-9/h1-3,7-9H,4-6,15H2/t8-,9-/m1/s1. The average molecular weight is 247 g/mol. The first-order valence-electron chi connectivity index (χ1n) is 6.08. The van der Waals surface area contributed by atoms with Crippen LogP contribution in [-0.4, -0.2) is 15.6 Å². The number of benzene rings is 1. The first-order valence-corrected chi connectivity index (χ1v) is 6.08. The SMILES string of the molecule is N[C@@H]1CC[C@@H](n2cnc3c(F)cccc3c2=O)C1. The number of para-hydroxylation sites is 1. The molecule has 2 atom stereocenters. The maximum atomic E-state index is 13.5. The van der Waals surface area contributed by atoms with E-state index < -0.39 is 5.82 Å². The number of aromatic nitrogens is 2. The Balaban J connectivity index is 2.15. The molecule has 2 aromatic rings. The van der Waals surface area contributed by atoms with Crippen LogP contribution in [0.2, 0.25) is 0 Å². The highest BCUT2D eigenvalue weighted by molar-refractivity contribution is 5.77. The molecule has 1 aliphatic rings. The Morgan fingerprint density at radius 2 is 2.22 bits per heavy atom. The summed E-state index contributed by atoms with van der Waals surface area (Å²) >= 11 is 0. The maximum absolute atomic E-state index is 13.5. The van der Waals surface area contributed by atoms with Crippen molar-refractivity contribution in [2.24, 2.45) is 5.73 Å². The van der Waals surface area contributed by atoms with Gasteiger partial charge in [0.15, 0.2) is 0 Å². The molecule has 1 heterocycles. The molecule has 4 nitrogen and oxygen atoms in total. The van der Waals surface area contributed by atoms with Crippen molar-refractivity contribution in [2.45, 2.75) is 31.3 Å². The molecule has 0 saturated heterocycles. The van der Waals surface area contributed by atoms with E-state index in [-0.39, 0.29) is 23.2 Å². The molecule has 0 spiro atoms. The first kappa shape index (κ1) is 11.3. The topological polar surface area (TPSA) is 60.9 Å². The summed E-state index contributed by atoms with van der Waals surface area (Å²) in [7, 11) is 0. The predicted octanol–water partition coefficient (Wildman–Crippen LogP) is 1.59. The zero-order valence-electron chi connectivity index (χ0n) is 9.84. The number of halogens is 1. The monoisotopic (exact) mass is 247 g/mol. The van der Waals surface area contributed by atoms with Crippen LogP contribution in [0.25, 0.3) is 10.9 Å².